The van der Waals surface area contributed by atoms with Crippen molar-refractivity contribution in [1.82, 2.24) is 10.2 Å². The molecule has 0 aromatic rings. The predicted molar refractivity (Wildman–Crippen MR) is 88.7 cm³/mol. The summed E-state index contributed by atoms with van der Waals surface area (Å²) in [5, 5.41) is 16.0. The number of aliphatic hydroxyl groups is 1. The third-order valence-corrected chi connectivity index (χ3v) is 5.68. The van der Waals surface area contributed by atoms with Crippen molar-refractivity contribution >= 4 is 6.21 Å². The molecule has 0 aromatic heterocycles. The maximum Gasteiger partial charge on any atom is 0.250 e. The maximum atomic E-state index is 10.4. The summed E-state index contributed by atoms with van der Waals surface area (Å²) in [6.07, 6.45) is 5.23. The smallest absolute Gasteiger partial charge is 0.250 e. The lowest BCUT2D eigenvalue weighted by molar-refractivity contribution is -0.747. The monoisotopic (exact) mass is 307 g/mol. The minimum Gasteiger partial charge on any atom is -0.332 e. The summed E-state index contributed by atoms with van der Waals surface area (Å²) in [6, 6.07) is 0. The first-order valence-electron chi connectivity index (χ1n) is 8.79. The Balaban J connectivity index is 1.37. The maximum absolute atomic E-state index is 10.4. The lowest BCUT2D eigenvalue weighted by Crippen LogP contribution is -2.94. The number of nitrogens with one attached hydrogen (secondary N) is 1. The van der Waals surface area contributed by atoms with E-state index in [-0.39, 0.29) is 0 Å². The van der Waals surface area contributed by atoms with Crippen molar-refractivity contribution in [3.05, 3.63) is 11.1 Å². The van der Waals surface area contributed by atoms with Crippen LogP contribution in [-0.2, 0) is 0 Å². The van der Waals surface area contributed by atoms with E-state index in [0.717, 1.165) is 51.6 Å². The van der Waals surface area contributed by atoms with E-state index in [1.54, 1.807) is 0 Å². The van der Waals surface area contributed by atoms with Gasteiger partial charge in [-0.1, -0.05) is 13.8 Å². The highest BCUT2D eigenvalue weighted by Crippen LogP contribution is 2.53. The zero-order valence-corrected chi connectivity index (χ0v) is 14.0. The highest BCUT2D eigenvalue weighted by Gasteiger charge is 2.50. The van der Waals surface area contributed by atoms with Crippen LogP contribution in [0.3, 0.4) is 0 Å². The van der Waals surface area contributed by atoms with Crippen LogP contribution in [0.1, 0.15) is 33.1 Å². The molecule has 3 unspecified atom stereocenters. The van der Waals surface area contributed by atoms with E-state index in [9.17, 15) is 5.11 Å². The van der Waals surface area contributed by atoms with Gasteiger partial charge in [-0.3, -0.25) is 4.99 Å². The van der Waals surface area contributed by atoms with Gasteiger partial charge >= 0.3 is 0 Å². The van der Waals surface area contributed by atoms with Gasteiger partial charge in [0, 0.05) is 31.8 Å². The summed E-state index contributed by atoms with van der Waals surface area (Å²) < 4.78 is 0. The number of dihydropyridines is 1. The zero-order chi connectivity index (χ0) is 15.6. The molecule has 124 valence electrons. The summed E-state index contributed by atoms with van der Waals surface area (Å²) in [7, 11) is 0. The van der Waals surface area contributed by atoms with Crippen LogP contribution in [0, 0.1) is 11.3 Å². The molecule has 3 aliphatic rings. The topological polar surface area (TPSA) is 64.5 Å². The number of quaternary nitrogens is 1. The van der Waals surface area contributed by atoms with Crippen LogP contribution in [0.15, 0.2) is 16.1 Å². The molecule has 5 nitrogen and oxygen atoms in total. The van der Waals surface area contributed by atoms with Gasteiger partial charge in [0.1, 0.15) is 0 Å². The second-order valence-corrected chi connectivity index (χ2v) is 7.36. The molecule has 1 saturated carbocycles. The van der Waals surface area contributed by atoms with Gasteiger partial charge in [-0.05, 0) is 48.9 Å². The van der Waals surface area contributed by atoms with Gasteiger partial charge in [0.15, 0.2) is 0 Å². The van der Waals surface area contributed by atoms with E-state index in [0.29, 0.717) is 5.41 Å². The van der Waals surface area contributed by atoms with Gasteiger partial charge in [0.2, 0.25) is 0 Å². The SMILES string of the molecule is CCNCCC1(C)CC1C[NH2+]C(O)N1CC2=C(CCN=C2)C1. The Labute approximate surface area is 133 Å². The number of nitrogens with two attached hydrogens (primary N) is 1. The van der Waals surface area contributed by atoms with Crippen molar-refractivity contribution in [3.63, 3.8) is 0 Å². The summed E-state index contributed by atoms with van der Waals surface area (Å²) in [5.74, 6) is 0.757. The van der Waals surface area contributed by atoms with Gasteiger partial charge in [-0.2, -0.15) is 0 Å². The third-order valence-electron chi connectivity index (χ3n) is 5.68. The molecule has 22 heavy (non-hydrogen) atoms. The molecule has 3 atom stereocenters. The molecule has 0 aromatic carbocycles. The Kier molecular flexibility index (Phi) is 4.97. The first-order valence-corrected chi connectivity index (χ1v) is 8.79. The van der Waals surface area contributed by atoms with Crippen molar-refractivity contribution in [2.45, 2.75) is 39.5 Å². The average Bonchev–Trinajstić information content (AvgIpc) is 2.97. The summed E-state index contributed by atoms with van der Waals surface area (Å²) in [6.45, 7) is 10.5. The molecule has 0 bridgehead atoms. The van der Waals surface area contributed by atoms with E-state index in [2.05, 4.69) is 34.4 Å². The highest BCUT2D eigenvalue weighted by molar-refractivity contribution is 5.82. The van der Waals surface area contributed by atoms with Crippen molar-refractivity contribution < 1.29 is 10.4 Å². The molecular formula is C17H31N4O+. The van der Waals surface area contributed by atoms with Crippen molar-refractivity contribution in [1.29, 1.82) is 0 Å². The molecule has 0 spiro atoms. The quantitative estimate of drug-likeness (QED) is 0.435. The number of hydrogen-bond donors (Lipinski definition) is 3. The van der Waals surface area contributed by atoms with Crippen LogP contribution in [-0.4, -0.2) is 61.8 Å². The van der Waals surface area contributed by atoms with Crippen LogP contribution in [0.5, 0.6) is 0 Å². The Bertz CT molecular complexity index is 462. The van der Waals surface area contributed by atoms with Gasteiger partial charge in [-0.15, -0.1) is 0 Å². The van der Waals surface area contributed by atoms with E-state index in [1.165, 1.54) is 24.0 Å². The van der Waals surface area contributed by atoms with Crippen LogP contribution >= 0.6 is 0 Å². The largest absolute Gasteiger partial charge is 0.332 e. The molecule has 3 rings (SSSR count). The summed E-state index contributed by atoms with van der Waals surface area (Å²) in [5.41, 5.74) is 3.30. The Morgan fingerprint density at radius 2 is 2.41 bits per heavy atom. The van der Waals surface area contributed by atoms with Crippen LogP contribution in [0.4, 0.5) is 0 Å². The number of rotatable bonds is 8. The Morgan fingerprint density at radius 3 is 3.18 bits per heavy atom. The van der Waals surface area contributed by atoms with E-state index in [4.69, 9.17) is 0 Å². The number of hydrogen-bond acceptors (Lipinski definition) is 4. The van der Waals surface area contributed by atoms with E-state index >= 15 is 0 Å². The van der Waals surface area contributed by atoms with Gasteiger partial charge in [0.05, 0.1) is 6.54 Å². The van der Waals surface area contributed by atoms with Crippen molar-refractivity contribution in [2.24, 2.45) is 16.3 Å². The fourth-order valence-electron chi connectivity index (χ4n) is 3.83. The second-order valence-electron chi connectivity index (χ2n) is 7.36. The number of aliphatic imine (C=N–C) groups is 1. The molecule has 2 aliphatic heterocycles. The Hall–Kier alpha value is -0.750. The second kappa shape index (κ2) is 6.79. The van der Waals surface area contributed by atoms with Crippen LogP contribution in [0.25, 0.3) is 0 Å². The average molecular weight is 307 g/mol. The lowest BCUT2D eigenvalue weighted by atomic mass is 10.0. The van der Waals surface area contributed by atoms with Crippen molar-refractivity contribution in [3.8, 4) is 0 Å². The Morgan fingerprint density at radius 1 is 1.55 bits per heavy atom. The fourth-order valence-corrected chi connectivity index (χ4v) is 3.83. The van der Waals surface area contributed by atoms with Crippen LogP contribution in [0.2, 0.25) is 0 Å². The minimum absolute atomic E-state index is 0.405. The molecule has 1 aliphatic carbocycles. The van der Waals surface area contributed by atoms with Crippen molar-refractivity contribution in [2.75, 3.05) is 39.3 Å². The van der Waals surface area contributed by atoms with Gasteiger partial charge in [-0.25, -0.2) is 4.90 Å². The van der Waals surface area contributed by atoms with E-state index in [1.807, 2.05) is 6.21 Å². The molecule has 0 radical (unpaired) electrons. The highest BCUT2D eigenvalue weighted by atomic mass is 16.3. The summed E-state index contributed by atoms with van der Waals surface area (Å²) >= 11 is 0. The number of nitrogens with zero attached hydrogens (tertiary/aromatic N) is 2. The molecule has 4 N–H and O–H groups in total. The normalized spacial score (nSPS) is 32.4. The minimum atomic E-state index is -0.405. The molecule has 2 heterocycles. The third kappa shape index (κ3) is 3.59. The molecule has 0 amide bonds. The molecule has 0 saturated heterocycles. The first kappa shape index (κ1) is 16.1. The molecule has 5 heteroatoms. The van der Waals surface area contributed by atoms with Gasteiger partial charge in [0.25, 0.3) is 6.35 Å². The molecular weight excluding hydrogens is 276 g/mol. The molecule has 1 fully saturated rings. The van der Waals surface area contributed by atoms with E-state index < -0.39 is 6.35 Å². The zero-order valence-electron chi connectivity index (χ0n) is 14.0. The lowest BCUT2D eigenvalue weighted by Gasteiger charge is -2.21. The fraction of sp³-hybridized carbons (Fsp3) is 0.824. The first-order chi connectivity index (χ1) is 10.6. The van der Waals surface area contributed by atoms with Crippen LogP contribution < -0.4 is 10.6 Å². The summed E-state index contributed by atoms with van der Waals surface area (Å²) in [4.78, 5) is 6.51. The predicted octanol–water partition coefficient (Wildman–Crippen LogP) is -0.0618. The standard InChI is InChI=1S/C17H30N4O/c1-3-18-7-5-17(2)8-15(17)10-20-16(22)21-11-13-4-6-19-9-14(13)12-21/h9,15-16,18,20,22H,3-8,10-12H2,1-2H3/p+1. The number of aliphatic hydroxyl groups excluding tert-OH is 1. The van der Waals surface area contributed by atoms with Gasteiger partial charge < -0.3 is 15.7 Å².